The predicted octanol–water partition coefficient (Wildman–Crippen LogP) is 6.40. The lowest BCUT2D eigenvalue weighted by Crippen LogP contribution is -2.44. The fourth-order valence-electron chi connectivity index (χ4n) is 5.47. The Hall–Kier alpha value is -4.04. The number of hydrogen-bond donors (Lipinski definition) is 0. The number of hydrogen-bond acceptors (Lipinski definition) is 7. The van der Waals surface area contributed by atoms with E-state index in [4.69, 9.17) is 18.9 Å². The number of methoxy groups -OCH3 is 2. The van der Waals surface area contributed by atoms with Crippen molar-refractivity contribution in [3.05, 3.63) is 119 Å². The van der Waals surface area contributed by atoms with Crippen molar-refractivity contribution in [2.75, 3.05) is 70.5 Å². The van der Waals surface area contributed by atoms with Gasteiger partial charge in [-0.1, -0.05) is 48.5 Å². The number of nitrogens with zero attached hydrogens (tertiary/aromatic N) is 3. The van der Waals surface area contributed by atoms with Crippen molar-refractivity contribution in [3.63, 3.8) is 0 Å². The minimum atomic E-state index is 0.529. The summed E-state index contributed by atoms with van der Waals surface area (Å²) < 4.78 is 22.6. The van der Waals surface area contributed by atoms with E-state index in [1.54, 1.807) is 14.2 Å². The molecule has 0 N–H and O–H groups in total. The van der Waals surface area contributed by atoms with Crippen molar-refractivity contribution in [1.82, 2.24) is 4.90 Å². The minimum Gasteiger partial charge on any atom is -0.497 e. The van der Waals surface area contributed by atoms with Gasteiger partial charge >= 0.3 is 0 Å². The first-order valence-electron chi connectivity index (χ1n) is 15.4. The molecule has 0 saturated carbocycles. The van der Waals surface area contributed by atoms with Crippen LogP contribution in [0, 0.1) is 0 Å². The topological polar surface area (TPSA) is 46.6 Å². The monoisotopic (exact) mass is 595 g/mol. The molecule has 0 spiro atoms. The average molecular weight is 596 g/mol. The van der Waals surface area contributed by atoms with Gasteiger partial charge in [0.1, 0.15) is 11.5 Å². The number of likely N-dealkylation sites (N-methyl/N-ethyl adjacent to an activating group) is 1. The predicted molar refractivity (Wildman–Crippen MR) is 178 cm³/mol. The molecule has 0 unspecified atom stereocenters. The van der Waals surface area contributed by atoms with Gasteiger partial charge in [0, 0.05) is 50.6 Å². The van der Waals surface area contributed by atoms with Crippen LogP contribution in [0.1, 0.15) is 22.3 Å². The number of benzene rings is 4. The summed E-state index contributed by atoms with van der Waals surface area (Å²) in [7, 11) is 5.59. The van der Waals surface area contributed by atoms with Crippen molar-refractivity contribution in [1.29, 1.82) is 0 Å². The van der Waals surface area contributed by atoms with E-state index in [2.05, 4.69) is 88.5 Å². The van der Waals surface area contributed by atoms with Crippen molar-refractivity contribution in [2.45, 2.75) is 26.3 Å². The second-order valence-corrected chi connectivity index (χ2v) is 11.3. The Balaban J connectivity index is 1.23. The molecule has 1 aliphatic heterocycles. The molecule has 1 fully saturated rings. The highest BCUT2D eigenvalue weighted by Crippen LogP contribution is 2.26. The third kappa shape index (κ3) is 9.23. The number of piperazine rings is 1. The molecular formula is C37H45N3O4. The standard InChI is InChI=1S/C37H45N3O4/c1-38-16-18-39(19-17-38)34-12-4-8-30(22-34)26-40(27-31-9-6-14-36(24-31)41-2)35-13-5-10-32(23-35)28-43-20-21-44-29-33-11-7-15-37(25-33)42-3/h4-15,22-25H,16-21,26-29H2,1-3H3. The summed E-state index contributed by atoms with van der Waals surface area (Å²) in [4.78, 5) is 7.31. The zero-order valence-electron chi connectivity index (χ0n) is 26.3. The maximum absolute atomic E-state index is 6.00. The van der Waals surface area contributed by atoms with Crippen molar-refractivity contribution in [3.8, 4) is 11.5 Å². The molecule has 0 aromatic heterocycles. The van der Waals surface area contributed by atoms with E-state index >= 15 is 0 Å². The van der Waals surface area contributed by atoms with Crippen LogP contribution >= 0.6 is 0 Å². The molecule has 4 aromatic carbocycles. The van der Waals surface area contributed by atoms with Gasteiger partial charge in [-0.15, -0.1) is 0 Å². The van der Waals surface area contributed by atoms with Gasteiger partial charge in [-0.3, -0.25) is 0 Å². The van der Waals surface area contributed by atoms with Crippen LogP contribution in [0.25, 0.3) is 0 Å². The molecule has 4 aromatic rings. The lowest BCUT2D eigenvalue weighted by atomic mass is 10.1. The molecule has 1 saturated heterocycles. The van der Waals surface area contributed by atoms with Gasteiger partial charge in [0.15, 0.2) is 0 Å². The Labute approximate surface area is 262 Å². The van der Waals surface area contributed by atoms with Gasteiger partial charge in [0.25, 0.3) is 0 Å². The molecule has 0 radical (unpaired) electrons. The smallest absolute Gasteiger partial charge is 0.119 e. The van der Waals surface area contributed by atoms with Gasteiger partial charge < -0.3 is 33.6 Å². The highest BCUT2D eigenvalue weighted by atomic mass is 16.5. The molecular weight excluding hydrogens is 550 g/mol. The first-order valence-corrected chi connectivity index (χ1v) is 15.4. The molecule has 7 heteroatoms. The highest BCUT2D eigenvalue weighted by Gasteiger charge is 2.16. The van der Waals surface area contributed by atoms with Crippen LogP contribution in [0.2, 0.25) is 0 Å². The third-order valence-corrected chi connectivity index (χ3v) is 7.98. The molecule has 232 valence electrons. The molecule has 1 aliphatic rings. The number of anilines is 2. The molecule has 44 heavy (non-hydrogen) atoms. The zero-order chi connectivity index (χ0) is 30.6. The van der Waals surface area contributed by atoms with E-state index < -0.39 is 0 Å². The normalized spacial score (nSPS) is 13.6. The first kappa shape index (κ1) is 31.4. The lowest BCUT2D eigenvalue weighted by Gasteiger charge is -2.34. The number of rotatable bonds is 15. The maximum atomic E-state index is 6.00. The molecule has 1 heterocycles. The Bertz CT molecular complexity index is 1450. The van der Waals surface area contributed by atoms with E-state index in [-0.39, 0.29) is 0 Å². The zero-order valence-corrected chi connectivity index (χ0v) is 26.3. The van der Waals surface area contributed by atoms with Crippen LogP contribution in [-0.2, 0) is 35.8 Å². The lowest BCUT2D eigenvalue weighted by molar-refractivity contribution is 0.0338. The molecule has 0 bridgehead atoms. The second kappa shape index (κ2) is 16.1. The summed E-state index contributed by atoms with van der Waals surface area (Å²) in [6, 6.07) is 33.9. The van der Waals surface area contributed by atoms with Crippen molar-refractivity contribution >= 4 is 11.4 Å². The van der Waals surface area contributed by atoms with Gasteiger partial charge in [-0.25, -0.2) is 0 Å². The summed E-state index contributed by atoms with van der Waals surface area (Å²) in [6.07, 6.45) is 0. The van der Waals surface area contributed by atoms with Crippen molar-refractivity contribution in [2.24, 2.45) is 0 Å². The van der Waals surface area contributed by atoms with Crippen LogP contribution in [0.15, 0.2) is 97.1 Å². The van der Waals surface area contributed by atoms with E-state index in [0.29, 0.717) is 26.4 Å². The van der Waals surface area contributed by atoms with E-state index in [1.807, 2.05) is 30.3 Å². The van der Waals surface area contributed by atoms with Gasteiger partial charge in [0.05, 0.1) is 40.6 Å². The summed E-state index contributed by atoms with van der Waals surface area (Å²) in [6.45, 7) is 7.98. The SMILES string of the molecule is COc1cccc(COCCOCc2cccc(N(Cc3cccc(OC)c3)Cc3cccc(N4CCN(C)CC4)c3)c2)c1. The van der Waals surface area contributed by atoms with Crippen molar-refractivity contribution < 1.29 is 18.9 Å². The van der Waals surface area contributed by atoms with Crippen LogP contribution in [0.3, 0.4) is 0 Å². The summed E-state index contributed by atoms with van der Waals surface area (Å²) in [5.74, 6) is 1.71. The number of ether oxygens (including phenoxy) is 4. The highest BCUT2D eigenvalue weighted by molar-refractivity contribution is 5.53. The molecule has 0 atom stereocenters. The molecule has 0 aliphatic carbocycles. The van der Waals surface area contributed by atoms with Crippen LogP contribution in [-0.4, -0.2) is 65.6 Å². The van der Waals surface area contributed by atoms with E-state index in [0.717, 1.165) is 67.6 Å². The molecule has 7 nitrogen and oxygen atoms in total. The first-order chi connectivity index (χ1) is 21.6. The summed E-state index contributed by atoms with van der Waals surface area (Å²) in [5, 5.41) is 0. The minimum absolute atomic E-state index is 0.529. The van der Waals surface area contributed by atoms with Crippen LogP contribution in [0.5, 0.6) is 11.5 Å². The fourth-order valence-corrected chi connectivity index (χ4v) is 5.47. The quantitative estimate of drug-likeness (QED) is 0.148. The average Bonchev–Trinajstić information content (AvgIpc) is 3.07. The van der Waals surface area contributed by atoms with E-state index in [9.17, 15) is 0 Å². The Kier molecular flexibility index (Phi) is 11.5. The Morgan fingerprint density at radius 2 is 1.11 bits per heavy atom. The molecule has 5 rings (SSSR count). The van der Waals surface area contributed by atoms with Gasteiger partial charge in [-0.2, -0.15) is 0 Å². The van der Waals surface area contributed by atoms with Crippen LogP contribution < -0.4 is 19.3 Å². The second-order valence-electron chi connectivity index (χ2n) is 11.3. The Morgan fingerprint density at radius 1 is 0.591 bits per heavy atom. The fraction of sp³-hybridized carbons (Fsp3) is 0.351. The summed E-state index contributed by atoms with van der Waals surface area (Å²) >= 11 is 0. The van der Waals surface area contributed by atoms with Crippen LogP contribution in [0.4, 0.5) is 11.4 Å². The molecule has 0 amide bonds. The Morgan fingerprint density at radius 3 is 1.75 bits per heavy atom. The summed E-state index contributed by atoms with van der Waals surface area (Å²) in [5.41, 5.74) is 7.17. The largest absolute Gasteiger partial charge is 0.497 e. The van der Waals surface area contributed by atoms with Gasteiger partial charge in [-0.05, 0) is 77.8 Å². The third-order valence-electron chi connectivity index (χ3n) is 7.98. The van der Waals surface area contributed by atoms with E-state index in [1.165, 1.54) is 16.8 Å². The van der Waals surface area contributed by atoms with Gasteiger partial charge in [0.2, 0.25) is 0 Å². The maximum Gasteiger partial charge on any atom is 0.119 e.